The normalized spacial score (nSPS) is 7.64. The van der Waals surface area contributed by atoms with Crippen molar-refractivity contribution in [1.29, 1.82) is 0 Å². The van der Waals surface area contributed by atoms with Gasteiger partial charge in [0.1, 0.15) is 6.54 Å². The van der Waals surface area contributed by atoms with Crippen LogP contribution in [0.1, 0.15) is 6.92 Å². The molecular weight excluding hydrogens is 150 g/mol. The molecule has 0 saturated carbocycles. The topological polar surface area (TPSA) is 77.8 Å². The number of nitrogens with zero attached hydrogens (tertiary/aromatic N) is 1. The lowest BCUT2D eigenvalue weighted by Gasteiger charge is -2.09. The number of carboxylic acids is 1. The maximum Gasteiger partial charge on any atom is 0.323 e. The number of hydrogen-bond acceptors (Lipinski definition) is 3. The molecule has 0 spiro atoms. The summed E-state index contributed by atoms with van der Waals surface area (Å²) in [7, 11) is 2.44. The number of aliphatic hydroxyl groups is 1. The van der Waals surface area contributed by atoms with Crippen molar-refractivity contribution in [1.82, 2.24) is 4.90 Å². The maximum atomic E-state index is 10.3. The fraction of sp³-hybridized carbons (Fsp3) is 0.667. The number of carbonyl (C=O) groups is 2. The zero-order chi connectivity index (χ0) is 9.44. The molecule has 0 fully saturated rings. The third-order valence-electron chi connectivity index (χ3n) is 0.910. The lowest BCUT2D eigenvalue weighted by molar-refractivity contribution is -0.142. The Morgan fingerprint density at radius 3 is 1.82 bits per heavy atom. The first-order chi connectivity index (χ1) is 5.04. The van der Waals surface area contributed by atoms with E-state index in [-0.39, 0.29) is 12.5 Å². The van der Waals surface area contributed by atoms with Crippen LogP contribution in [-0.4, -0.2) is 47.7 Å². The average Bonchev–Trinajstić information content (AvgIpc) is 1.90. The summed E-state index contributed by atoms with van der Waals surface area (Å²) in [6.45, 7) is 1.10. The summed E-state index contributed by atoms with van der Waals surface area (Å²) in [6.07, 6.45) is 0. The number of aliphatic hydroxyl groups excluding tert-OH is 1. The summed E-state index contributed by atoms with van der Waals surface area (Å²) < 4.78 is 0. The largest absolute Gasteiger partial charge is 0.480 e. The Labute approximate surface area is 65.2 Å². The van der Waals surface area contributed by atoms with Crippen molar-refractivity contribution in [2.75, 3.05) is 20.7 Å². The summed E-state index contributed by atoms with van der Waals surface area (Å²) in [6, 6.07) is 0. The smallest absolute Gasteiger partial charge is 0.323 e. The molecule has 5 heteroatoms. The van der Waals surface area contributed by atoms with Crippen LogP contribution in [0.3, 0.4) is 0 Å². The lowest BCUT2D eigenvalue weighted by Crippen LogP contribution is -2.29. The van der Waals surface area contributed by atoms with Crippen molar-refractivity contribution in [3.63, 3.8) is 0 Å². The summed E-state index contributed by atoms with van der Waals surface area (Å²) >= 11 is 0. The van der Waals surface area contributed by atoms with Crippen LogP contribution in [0.2, 0.25) is 0 Å². The highest BCUT2D eigenvalue weighted by atomic mass is 16.4. The van der Waals surface area contributed by atoms with E-state index in [0.717, 1.165) is 12.0 Å². The van der Waals surface area contributed by atoms with Crippen molar-refractivity contribution in [3.05, 3.63) is 0 Å². The van der Waals surface area contributed by atoms with E-state index in [2.05, 4.69) is 0 Å². The van der Waals surface area contributed by atoms with Gasteiger partial charge in [-0.15, -0.1) is 0 Å². The van der Waals surface area contributed by atoms with E-state index in [0.29, 0.717) is 0 Å². The quantitative estimate of drug-likeness (QED) is 0.556. The molecule has 0 saturated heterocycles. The number of hydrogen-bond donors (Lipinski definition) is 2. The number of carboxylic acid groups (broad SMARTS) is 1. The van der Waals surface area contributed by atoms with E-state index in [1.165, 1.54) is 14.0 Å². The summed E-state index contributed by atoms with van der Waals surface area (Å²) in [5.41, 5.74) is 0. The van der Waals surface area contributed by atoms with Gasteiger partial charge in [-0.3, -0.25) is 9.59 Å². The molecule has 0 aliphatic carbocycles. The van der Waals surface area contributed by atoms with Gasteiger partial charge in [-0.2, -0.15) is 0 Å². The second-order valence-corrected chi connectivity index (χ2v) is 1.77. The number of carbonyl (C=O) groups excluding carboxylic acids is 1. The molecule has 2 N–H and O–H groups in total. The van der Waals surface area contributed by atoms with Crippen molar-refractivity contribution in [2.45, 2.75) is 6.92 Å². The SMILES string of the molecule is CC(=O)N(C)CC(=O)O.CO. The van der Waals surface area contributed by atoms with E-state index >= 15 is 0 Å². The van der Waals surface area contributed by atoms with Crippen LogP contribution < -0.4 is 0 Å². The van der Waals surface area contributed by atoms with Gasteiger partial charge in [0, 0.05) is 21.1 Å². The Kier molecular flexibility index (Phi) is 8.01. The first-order valence-corrected chi connectivity index (χ1v) is 2.92. The fourth-order valence-electron chi connectivity index (χ4n) is 0.314. The summed E-state index contributed by atoms with van der Waals surface area (Å²) in [5, 5.41) is 15.1. The molecule has 0 aromatic heterocycles. The van der Waals surface area contributed by atoms with E-state index in [1.807, 2.05) is 0 Å². The number of likely N-dealkylation sites (N-methyl/N-ethyl adjacent to an activating group) is 1. The van der Waals surface area contributed by atoms with Crippen molar-refractivity contribution >= 4 is 11.9 Å². The monoisotopic (exact) mass is 163 g/mol. The van der Waals surface area contributed by atoms with Crippen LogP contribution in [0, 0.1) is 0 Å². The third kappa shape index (κ3) is 8.90. The van der Waals surface area contributed by atoms with Gasteiger partial charge in [0.05, 0.1) is 0 Å². The van der Waals surface area contributed by atoms with Crippen LogP contribution in [-0.2, 0) is 9.59 Å². The molecule has 66 valence electrons. The van der Waals surface area contributed by atoms with E-state index in [4.69, 9.17) is 10.2 Å². The molecule has 0 aliphatic rings. The zero-order valence-electron chi connectivity index (χ0n) is 6.87. The number of amides is 1. The molecule has 0 aliphatic heterocycles. The average molecular weight is 163 g/mol. The standard InChI is InChI=1S/C5H9NO3.CH4O/c1-4(7)6(2)3-5(8)9;1-2/h3H2,1-2H3,(H,8,9);2H,1H3. The molecule has 0 heterocycles. The Morgan fingerprint density at radius 1 is 1.36 bits per heavy atom. The van der Waals surface area contributed by atoms with E-state index in [1.54, 1.807) is 0 Å². The van der Waals surface area contributed by atoms with Gasteiger partial charge in [0.15, 0.2) is 0 Å². The number of aliphatic carboxylic acids is 1. The Balaban J connectivity index is 0. The zero-order valence-corrected chi connectivity index (χ0v) is 6.87. The molecule has 1 amide bonds. The highest BCUT2D eigenvalue weighted by Gasteiger charge is 2.05. The minimum Gasteiger partial charge on any atom is -0.480 e. The minimum absolute atomic E-state index is 0.227. The van der Waals surface area contributed by atoms with E-state index < -0.39 is 5.97 Å². The predicted octanol–water partition coefficient (Wildman–Crippen LogP) is -0.842. The molecule has 0 bridgehead atoms. The maximum absolute atomic E-state index is 10.3. The molecule has 0 radical (unpaired) electrons. The summed E-state index contributed by atoms with van der Waals surface area (Å²) in [5.74, 6) is -1.23. The summed E-state index contributed by atoms with van der Waals surface area (Å²) in [4.78, 5) is 21.4. The second-order valence-electron chi connectivity index (χ2n) is 1.77. The first kappa shape index (κ1) is 12.6. The highest BCUT2D eigenvalue weighted by Crippen LogP contribution is 1.80. The molecular formula is C6H13NO4. The fourth-order valence-corrected chi connectivity index (χ4v) is 0.314. The van der Waals surface area contributed by atoms with Crippen LogP contribution in [0.15, 0.2) is 0 Å². The van der Waals surface area contributed by atoms with Crippen LogP contribution >= 0.6 is 0 Å². The molecule has 11 heavy (non-hydrogen) atoms. The van der Waals surface area contributed by atoms with Crippen molar-refractivity contribution in [3.8, 4) is 0 Å². The Bertz CT molecular complexity index is 135. The second kappa shape index (κ2) is 7.01. The van der Waals surface area contributed by atoms with Crippen molar-refractivity contribution < 1.29 is 19.8 Å². The first-order valence-electron chi connectivity index (χ1n) is 2.92. The Hall–Kier alpha value is -1.10. The van der Waals surface area contributed by atoms with Gasteiger partial charge in [0.25, 0.3) is 0 Å². The van der Waals surface area contributed by atoms with Gasteiger partial charge >= 0.3 is 5.97 Å². The molecule has 0 aromatic rings. The Morgan fingerprint density at radius 2 is 1.73 bits per heavy atom. The van der Waals surface area contributed by atoms with Gasteiger partial charge in [-0.1, -0.05) is 0 Å². The molecule has 0 rings (SSSR count). The lowest BCUT2D eigenvalue weighted by atomic mass is 10.5. The number of rotatable bonds is 2. The molecule has 0 unspecified atom stereocenters. The van der Waals surface area contributed by atoms with Crippen molar-refractivity contribution in [2.24, 2.45) is 0 Å². The highest BCUT2D eigenvalue weighted by molar-refractivity contribution is 5.79. The van der Waals surface area contributed by atoms with Gasteiger partial charge in [-0.25, -0.2) is 0 Å². The van der Waals surface area contributed by atoms with Crippen LogP contribution in [0.25, 0.3) is 0 Å². The van der Waals surface area contributed by atoms with Gasteiger partial charge in [0.2, 0.25) is 5.91 Å². The van der Waals surface area contributed by atoms with Gasteiger partial charge in [-0.05, 0) is 0 Å². The van der Waals surface area contributed by atoms with Crippen LogP contribution in [0.4, 0.5) is 0 Å². The van der Waals surface area contributed by atoms with E-state index in [9.17, 15) is 9.59 Å². The third-order valence-corrected chi connectivity index (χ3v) is 0.910. The molecule has 5 nitrogen and oxygen atoms in total. The minimum atomic E-state index is -0.993. The van der Waals surface area contributed by atoms with Crippen LogP contribution in [0.5, 0.6) is 0 Å². The molecule has 0 aromatic carbocycles. The predicted molar refractivity (Wildman–Crippen MR) is 39.1 cm³/mol. The van der Waals surface area contributed by atoms with Gasteiger partial charge < -0.3 is 15.1 Å². The molecule has 0 atom stereocenters.